The number of amides is 1. The highest BCUT2D eigenvalue weighted by atomic mass is 35.5. The molecule has 0 radical (unpaired) electrons. The van der Waals surface area contributed by atoms with Gasteiger partial charge in [-0.25, -0.2) is 0 Å². The number of hydrogen-bond acceptors (Lipinski definition) is 3. The van der Waals surface area contributed by atoms with Crippen molar-refractivity contribution in [1.82, 2.24) is 10.2 Å². The van der Waals surface area contributed by atoms with Gasteiger partial charge >= 0.3 is 0 Å². The summed E-state index contributed by atoms with van der Waals surface area (Å²) in [6, 6.07) is 5.18. The molecule has 0 saturated carbocycles. The summed E-state index contributed by atoms with van der Waals surface area (Å²) in [6.07, 6.45) is 1.34. The monoisotopic (exact) mass is 330 g/mol. The first-order chi connectivity index (χ1) is 9.95. The van der Waals surface area contributed by atoms with E-state index in [1.807, 2.05) is 0 Å². The Bertz CT molecular complexity index is 502. The van der Waals surface area contributed by atoms with Gasteiger partial charge in [-0.3, -0.25) is 4.79 Å². The van der Waals surface area contributed by atoms with Gasteiger partial charge in [0.2, 0.25) is 0 Å². The number of nitrogens with zero attached hydrogens (tertiary/aromatic N) is 1. The van der Waals surface area contributed by atoms with E-state index in [1.54, 1.807) is 25.1 Å². The fourth-order valence-electron chi connectivity index (χ4n) is 2.29. The van der Waals surface area contributed by atoms with Crippen molar-refractivity contribution in [3.63, 3.8) is 0 Å². The van der Waals surface area contributed by atoms with Crippen molar-refractivity contribution in [1.29, 1.82) is 0 Å². The fraction of sp³-hybridized carbons (Fsp3) is 0.533. The number of carbonyl (C=O) groups excluding carboxylic acids is 1. The van der Waals surface area contributed by atoms with Crippen LogP contribution in [0, 0.1) is 0 Å². The average molecular weight is 331 g/mol. The third-order valence-corrected chi connectivity index (χ3v) is 4.16. The molecular weight excluding hydrogens is 311 g/mol. The molecule has 1 aliphatic rings. The van der Waals surface area contributed by atoms with E-state index < -0.39 is 6.10 Å². The fourth-order valence-corrected chi connectivity index (χ4v) is 2.74. The molecule has 1 aromatic carbocycles. The summed E-state index contributed by atoms with van der Waals surface area (Å²) in [4.78, 5) is 14.4. The highest BCUT2D eigenvalue weighted by Gasteiger charge is 2.22. The smallest absolute Gasteiger partial charge is 0.260 e. The van der Waals surface area contributed by atoms with Crippen molar-refractivity contribution in [2.75, 3.05) is 20.1 Å². The Labute approximate surface area is 135 Å². The normalized spacial score (nSPS) is 18.3. The number of rotatable bonds is 4. The lowest BCUT2D eigenvalue weighted by molar-refractivity contribution is -0.128. The van der Waals surface area contributed by atoms with Crippen LogP contribution in [0.4, 0.5) is 0 Å². The Hall–Kier alpha value is -0.970. The molecule has 1 N–H and O–H groups in total. The van der Waals surface area contributed by atoms with E-state index in [1.165, 1.54) is 0 Å². The van der Waals surface area contributed by atoms with Gasteiger partial charge in [0, 0.05) is 11.1 Å². The molecule has 2 rings (SSSR count). The first-order valence-electron chi connectivity index (χ1n) is 7.06. The predicted molar refractivity (Wildman–Crippen MR) is 85.2 cm³/mol. The maximum atomic E-state index is 12.2. The van der Waals surface area contributed by atoms with Crippen LogP contribution in [0.15, 0.2) is 18.2 Å². The number of ether oxygens (including phenoxy) is 1. The summed E-state index contributed by atoms with van der Waals surface area (Å²) < 4.78 is 5.61. The Morgan fingerprint density at radius 1 is 1.38 bits per heavy atom. The molecule has 1 fully saturated rings. The zero-order chi connectivity index (χ0) is 15.4. The Morgan fingerprint density at radius 2 is 2.05 bits per heavy atom. The molecule has 0 aromatic heterocycles. The third-order valence-electron chi connectivity index (χ3n) is 3.63. The molecule has 0 aliphatic carbocycles. The van der Waals surface area contributed by atoms with Crippen molar-refractivity contribution in [3.8, 4) is 5.75 Å². The number of nitrogens with one attached hydrogen (secondary N) is 1. The van der Waals surface area contributed by atoms with Gasteiger partial charge in [0.25, 0.3) is 5.91 Å². The highest BCUT2D eigenvalue weighted by molar-refractivity contribution is 6.35. The number of hydrogen-bond donors (Lipinski definition) is 1. The van der Waals surface area contributed by atoms with E-state index in [0.29, 0.717) is 15.8 Å². The molecular formula is C15H20Cl2N2O2. The van der Waals surface area contributed by atoms with Crippen LogP contribution >= 0.6 is 23.2 Å². The summed E-state index contributed by atoms with van der Waals surface area (Å²) in [6.45, 7) is 3.72. The van der Waals surface area contributed by atoms with Crippen LogP contribution < -0.4 is 10.1 Å². The summed E-state index contributed by atoms with van der Waals surface area (Å²) in [5.41, 5.74) is 0. The molecule has 1 atom stereocenters. The standard InChI is InChI=1S/C15H20Cl2N2O2/c1-10(21-14-4-3-11(16)9-13(14)17)15(20)18-12-5-7-19(2)8-6-12/h3-4,9-10,12H,5-8H2,1-2H3,(H,18,20). The molecule has 21 heavy (non-hydrogen) atoms. The van der Waals surface area contributed by atoms with Crippen LogP contribution in [0.25, 0.3) is 0 Å². The maximum Gasteiger partial charge on any atom is 0.260 e. The first-order valence-corrected chi connectivity index (χ1v) is 7.82. The van der Waals surface area contributed by atoms with Crippen LogP contribution in [0.2, 0.25) is 10.0 Å². The van der Waals surface area contributed by atoms with E-state index in [4.69, 9.17) is 27.9 Å². The van der Waals surface area contributed by atoms with E-state index in [0.717, 1.165) is 25.9 Å². The topological polar surface area (TPSA) is 41.6 Å². The quantitative estimate of drug-likeness (QED) is 0.922. The number of carbonyl (C=O) groups is 1. The van der Waals surface area contributed by atoms with Gasteiger partial charge < -0.3 is 15.0 Å². The minimum atomic E-state index is -0.594. The second kappa shape index (κ2) is 7.34. The van der Waals surface area contributed by atoms with Crippen LogP contribution in [0.1, 0.15) is 19.8 Å². The highest BCUT2D eigenvalue weighted by Crippen LogP contribution is 2.28. The largest absolute Gasteiger partial charge is 0.479 e. The van der Waals surface area contributed by atoms with Crippen molar-refractivity contribution < 1.29 is 9.53 Å². The summed E-state index contributed by atoms with van der Waals surface area (Å²) in [5.74, 6) is 0.350. The second-order valence-electron chi connectivity index (χ2n) is 5.42. The molecule has 1 aliphatic heterocycles. The molecule has 116 valence electrons. The molecule has 1 saturated heterocycles. The minimum Gasteiger partial charge on any atom is -0.479 e. The van der Waals surface area contributed by atoms with Gasteiger partial charge in [-0.1, -0.05) is 23.2 Å². The summed E-state index contributed by atoms with van der Waals surface area (Å²) in [7, 11) is 2.09. The second-order valence-corrected chi connectivity index (χ2v) is 6.26. The van der Waals surface area contributed by atoms with Crippen molar-refractivity contribution >= 4 is 29.1 Å². The van der Waals surface area contributed by atoms with E-state index in [9.17, 15) is 4.79 Å². The van der Waals surface area contributed by atoms with E-state index in [2.05, 4.69) is 17.3 Å². The lowest BCUT2D eigenvalue weighted by Crippen LogP contribution is -2.47. The van der Waals surface area contributed by atoms with Gasteiger partial charge in [0.15, 0.2) is 6.10 Å². The molecule has 1 aromatic rings. The minimum absolute atomic E-state index is 0.115. The predicted octanol–water partition coefficient (Wildman–Crippen LogP) is 2.97. The van der Waals surface area contributed by atoms with Gasteiger partial charge in [0.1, 0.15) is 5.75 Å². The zero-order valence-corrected chi connectivity index (χ0v) is 13.7. The van der Waals surface area contributed by atoms with Crippen molar-refractivity contribution in [2.45, 2.75) is 31.9 Å². The molecule has 6 heteroatoms. The number of likely N-dealkylation sites (tertiary alicyclic amines) is 1. The van der Waals surface area contributed by atoms with Crippen molar-refractivity contribution in [3.05, 3.63) is 28.2 Å². The van der Waals surface area contributed by atoms with Crippen LogP contribution in [0.3, 0.4) is 0 Å². The Kier molecular flexibility index (Phi) is 5.73. The molecule has 1 amide bonds. The average Bonchev–Trinajstić information content (AvgIpc) is 2.44. The van der Waals surface area contributed by atoms with E-state index >= 15 is 0 Å². The van der Waals surface area contributed by atoms with Crippen LogP contribution in [-0.4, -0.2) is 43.1 Å². The lowest BCUT2D eigenvalue weighted by atomic mass is 10.1. The van der Waals surface area contributed by atoms with Crippen LogP contribution in [-0.2, 0) is 4.79 Å². The Balaban J connectivity index is 1.87. The summed E-state index contributed by atoms with van der Waals surface area (Å²) in [5, 5.41) is 3.97. The van der Waals surface area contributed by atoms with Gasteiger partial charge in [-0.15, -0.1) is 0 Å². The summed E-state index contributed by atoms with van der Waals surface area (Å²) >= 11 is 11.9. The maximum absolute atomic E-state index is 12.2. The number of halogens is 2. The molecule has 0 spiro atoms. The lowest BCUT2D eigenvalue weighted by Gasteiger charge is -2.30. The van der Waals surface area contributed by atoms with Gasteiger partial charge in [0.05, 0.1) is 5.02 Å². The van der Waals surface area contributed by atoms with E-state index in [-0.39, 0.29) is 11.9 Å². The van der Waals surface area contributed by atoms with Crippen LogP contribution in [0.5, 0.6) is 5.75 Å². The third kappa shape index (κ3) is 4.77. The zero-order valence-electron chi connectivity index (χ0n) is 12.2. The molecule has 0 bridgehead atoms. The van der Waals surface area contributed by atoms with Gasteiger partial charge in [-0.2, -0.15) is 0 Å². The molecule has 4 nitrogen and oxygen atoms in total. The number of benzene rings is 1. The SMILES string of the molecule is CC(Oc1ccc(Cl)cc1Cl)C(=O)NC1CCN(C)CC1. The van der Waals surface area contributed by atoms with Crippen molar-refractivity contribution in [2.24, 2.45) is 0 Å². The Morgan fingerprint density at radius 3 is 2.67 bits per heavy atom. The molecule has 1 heterocycles. The number of piperidine rings is 1. The molecule has 1 unspecified atom stereocenters. The van der Waals surface area contributed by atoms with Gasteiger partial charge in [-0.05, 0) is 58.1 Å². The first kappa shape index (κ1) is 16.4.